The van der Waals surface area contributed by atoms with Crippen LogP contribution in [-0.4, -0.2) is 28.3 Å². The highest BCUT2D eigenvalue weighted by molar-refractivity contribution is 6.00. The molecule has 2 N–H and O–H groups in total. The number of pyridine rings is 2. The molecule has 2 heterocycles. The van der Waals surface area contributed by atoms with Crippen LogP contribution in [0.5, 0.6) is 0 Å². The first-order chi connectivity index (χ1) is 13.7. The average Bonchev–Trinajstić information content (AvgIpc) is 2.75. The molecule has 0 spiro atoms. The number of rotatable bonds is 8. The quantitative estimate of drug-likeness (QED) is 0.590. The summed E-state index contributed by atoms with van der Waals surface area (Å²) in [7, 11) is 0. The van der Waals surface area contributed by atoms with Crippen LogP contribution in [-0.2, 0) is 4.79 Å². The van der Waals surface area contributed by atoms with Gasteiger partial charge in [0.2, 0.25) is 5.91 Å². The lowest BCUT2D eigenvalue weighted by atomic mass is 10.1. The topological polar surface area (TPSA) is 84.0 Å². The molecule has 2 amide bonds. The fraction of sp³-hybridized carbons (Fsp3) is 0.273. The third kappa shape index (κ3) is 4.91. The van der Waals surface area contributed by atoms with Crippen molar-refractivity contribution in [1.82, 2.24) is 20.6 Å². The maximum absolute atomic E-state index is 12.8. The Hall–Kier alpha value is -3.28. The fourth-order valence-electron chi connectivity index (χ4n) is 2.94. The van der Waals surface area contributed by atoms with Crippen molar-refractivity contribution in [2.24, 2.45) is 0 Å². The molecule has 1 atom stereocenters. The number of nitrogens with zero attached hydrogens (tertiary/aromatic N) is 2. The summed E-state index contributed by atoms with van der Waals surface area (Å²) in [6.45, 7) is 2.69. The number of amides is 2. The number of benzene rings is 1. The summed E-state index contributed by atoms with van der Waals surface area (Å²) in [5, 5.41) is 6.59. The maximum Gasteiger partial charge on any atom is 0.252 e. The van der Waals surface area contributed by atoms with Crippen LogP contribution in [0.2, 0.25) is 0 Å². The maximum atomic E-state index is 12.8. The van der Waals surface area contributed by atoms with Gasteiger partial charge in [-0.1, -0.05) is 31.9 Å². The number of aromatic nitrogens is 2. The van der Waals surface area contributed by atoms with Crippen molar-refractivity contribution in [2.45, 2.75) is 32.2 Å². The molecule has 0 bridgehead atoms. The average molecular weight is 376 g/mol. The van der Waals surface area contributed by atoms with Crippen molar-refractivity contribution in [1.29, 1.82) is 0 Å². The summed E-state index contributed by atoms with van der Waals surface area (Å²) in [6, 6.07) is 13.5. The normalized spacial score (nSPS) is 11.8. The molecule has 3 rings (SSSR count). The highest BCUT2D eigenvalue weighted by Gasteiger charge is 2.24. The van der Waals surface area contributed by atoms with Crippen LogP contribution in [0.3, 0.4) is 0 Å². The number of carbonyl (C=O) groups excluding carboxylic acids is 2. The zero-order valence-electron chi connectivity index (χ0n) is 15.9. The van der Waals surface area contributed by atoms with Crippen LogP contribution in [0.25, 0.3) is 10.9 Å². The van der Waals surface area contributed by atoms with Gasteiger partial charge in [-0.2, -0.15) is 0 Å². The van der Waals surface area contributed by atoms with E-state index < -0.39 is 6.04 Å². The van der Waals surface area contributed by atoms with Crippen molar-refractivity contribution in [3.05, 3.63) is 72.2 Å². The van der Waals surface area contributed by atoms with E-state index in [2.05, 4.69) is 27.5 Å². The molecule has 6 heteroatoms. The van der Waals surface area contributed by atoms with E-state index in [1.165, 1.54) is 0 Å². The summed E-state index contributed by atoms with van der Waals surface area (Å²) >= 11 is 0. The van der Waals surface area contributed by atoms with E-state index in [-0.39, 0.29) is 11.8 Å². The second-order valence-corrected chi connectivity index (χ2v) is 6.57. The fourth-order valence-corrected chi connectivity index (χ4v) is 2.94. The van der Waals surface area contributed by atoms with Gasteiger partial charge < -0.3 is 10.6 Å². The molecule has 144 valence electrons. The third-order valence-corrected chi connectivity index (χ3v) is 4.47. The molecule has 6 nitrogen and oxygen atoms in total. The molecule has 0 radical (unpaired) electrons. The van der Waals surface area contributed by atoms with Gasteiger partial charge in [-0.05, 0) is 42.8 Å². The molecule has 0 aliphatic carbocycles. The number of unbranched alkanes of at least 4 members (excludes halogenated alkanes) is 2. The van der Waals surface area contributed by atoms with E-state index in [1.54, 1.807) is 48.8 Å². The summed E-state index contributed by atoms with van der Waals surface area (Å²) in [5.41, 5.74) is 1.79. The predicted octanol–water partition coefficient (Wildman–Crippen LogP) is 3.41. The lowest BCUT2D eigenvalue weighted by Gasteiger charge is -2.18. The van der Waals surface area contributed by atoms with Crippen LogP contribution in [0.15, 0.2) is 60.9 Å². The number of hydrogen-bond donors (Lipinski definition) is 2. The van der Waals surface area contributed by atoms with E-state index in [0.29, 0.717) is 17.8 Å². The Kier molecular flexibility index (Phi) is 6.68. The summed E-state index contributed by atoms with van der Waals surface area (Å²) in [4.78, 5) is 34.0. The molecule has 3 aromatic rings. The summed E-state index contributed by atoms with van der Waals surface area (Å²) < 4.78 is 0. The molecule has 1 aromatic carbocycles. The zero-order chi connectivity index (χ0) is 19.8. The SMILES string of the molecule is CCCCCNC(=O)C(NC(=O)c1ccc2ncccc2c1)c1ccccn1. The molecule has 0 saturated carbocycles. The van der Waals surface area contributed by atoms with Crippen molar-refractivity contribution >= 4 is 22.7 Å². The molecule has 0 saturated heterocycles. The standard InChI is InChI=1S/C22H24N4O2/c1-2-3-5-13-25-22(28)20(19-9-4-6-12-24-19)26-21(27)17-10-11-18-16(15-17)8-7-14-23-18/h4,6-12,14-15,20H,2-3,5,13H2,1H3,(H,25,28)(H,26,27). The van der Waals surface area contributed by atoms with E-state index in [0.717, 1.165) is 30.2 Å². The van der Waals surface area contributed by atoms with E-state index in [4.69, 9.17) is 0 Å². The molecular formula is C22H24N4O2. The zero-order valence-corrected chi connectivity index (χ0v) is 15.9. The summed E-state index contributed by atoms with van der Waals surface area (Å²) in [5.74, 6) is -0.587. The molecule has 0 aliphatic rings. The largest absolute Gasteiger partial charge is 0.354 e. The first kappa shape index (κ1) is 19.5. The smallest absolute Gasteiger partial charge is 0.252 e. The van der Waals surface area contributed by atoms with Gasteiger partial charge in [0.15, 0.2) is 6.04 Å². The van der Waals surface area contributed by atoms with Crippen LogP contribution >= 0.6 is 0 Å². The van der Waals surface area contributed by atoms with Crippen molar-refractivity contribution < 1.29 is 9.59 Å². The first-order valence-electron chi connectivity index (χ1n) is 9.53. The summed E-state index contributed by atoms with van der Waals surface area (Å²) in [6.07, 6.45) is 6.35. The number of hydrogen-bond acceptors (Lipinski definition) is 4. The lowest BCUT2D eigenvalue weighted by molar-refractivity contribution is -0.123. The van der Waals surface area contributed by atoms with Gasteiger partial charge >= 0.3 is 0 Å². The van der Waals surface area contributed by atoms with Gasteiger partial charge in [0.25, 0.3) is 5.91 Å². The van der Waals surface area contributed by atoms with Crippen LogP contribution in [0.4, 0.5) is 0 Å². The van der Waals surface area contributed by atoms with Crippen LogP contribution < -0.4 is 10.6 Å². The van der Waals surface area contributed by atoms with Crippen molar-refractivity contribution in [3.8, 4) is 0 Å². The minimum Gasteiger partial charge on any atom is -0.354 e. The van der Waals surface area contributed by atoms with Gasteiger partial charge in [-0.25, -0.2) is 0 Å². The number of fused-ring (bicyclic) bond motifs is 1. The second-order valence-electron chi connectivity index (χ2n) is 6.57. The predicted molar refractivity (Wildman–Crippen MR) is 109 cm³/mol. The van der Waals surface area contributed by atoms with E-state index in [1.807, 2.05) is 12.1 Å². The highest BCUT2D eigenvalue weighted by atomic mass is 16.2. The highest BCUT2D eigenvalue weighted by Crippen LogP contribution is 2.16. The Morgan fingerprint density at radius 1 is 1.00 bits per heavy atom. The minimum atomic E-state index is -0.847. The Labute approximate surface area is 164 Å². The number of carbonyl (C=O) groups is 2. The van der Waals surface area contributed by atoms with E-state index >= 15 is 0 Å². The Morgan fingerprint density at radius 2 is 1.86 bits per heavy atom. The molecule has 2 aromatic heterocycles. The van der Waals surface area contributed by atoms with Gasteiger partial charge in [0, 0.05) is 29.9 Å². The molecular weight excluding hydrogens is 352 g/mol. The number of nitrogens with one attached hydrogen (secondary N) is 2. The second kappa shape index (κ2) is 9.60. The third-order valence-electron chi connectivity index (χ3n) is 4.47. The van der Waals surface area contributed by atoms with Gasteiger partial charge in [-0.15, -0.1) is 0 Å². The van der Waals surface area contributed by atoms with Gasteiger partial charge in [0.05, 0.1) is 11.2 Å². The van der Waals surface area contributed by atoms with Crippen molar-refractivity contribution in [3.63, 3.8) is 0 Å². The van der Waals surface area contributed by atoms with Crippen molar-refractivity contribution in [2.75, 3.05) is 6.54 Å². The van der Waals surface area contributed by atoms with Crippen LogP contribution in [0.1, 0.15) is 48.3 Å². The first-order valence-corrected chi connectivity index (χ1v) is 9.53. The lowest BCUT2D eigenvalue weighted by Crippen LogP contribution is -2.41. The van der Waals surface area contributed by atoms with Gasteiger partial charge in [0.1, 0.15) is 0 Å². The van der Waals surface area contributed by atoms with Gasteiger partial charge in [-0.3, -0.25) is 19.6 Å². The Morgan fingerprint density at radius 3 is 2.64 bits per heavy atom. The Balaban J connectivity index is 1.77. The van der Waals surface area contributed by atoms with E-state index in [9.17, 15) is 9.59 Å². The molecule has 1 unspecified atom stereocenters. The van der Waals surface area contributed by atoms with Crippen LogP contribution in [0, 0.1) is 0 Å². The molecule has 0 fully saturated rings. The molecule has 0 aliphatic heterocycles. The minimum absolute atomic E-state index is 0.259. The monoisotopic (exact) mass is 376 g/mol. The Bertz CT molecular complexity index is 943. The molecule has 28 heavy (non-hydrogen) atoms.